The van der Waals surface area contributed by atoms with Crippen molar-refractivity contribution in [3.8, 4) is 5.88 Å². The molecule has 2 rings (SSSR count). The Hall–Kier alpha value is -1.64. The van der Waals surface area contributed by atoms with Crippen molar-refractivity contribution >= 4 is 27.0 Å². The summed E-state index contributed by atoms with van der Waals surface area (Å²) >= 11 is 1.08. The van der Waals surface area contributed by atoms with Gasteiger partial charge in [-0.15, -0.1) is 11.3 Å². The van der Waals surface area contributed by atoms with Gasteiger partial charge in [0.1, 0.15) is 4.21 Å². The van der Waals surface area contributed by atoms with E-state index in [4.69, 9.17) is 10.5 Å². The molecule has 0 radical (unpaired) electrons. The van der Waals surface area contributed by atoms with Crippen LogP contribution in [0.15, 0.2) is 34.0 Å². The number of nitrogens with one attached hydrogen (secondary N) is 1. The first-order chi connectivity index (χ1) is 9.88. The number of rotatable bonds is 6. The second-order valence-electron chi connectivity index (χ2n) is 4.66. The molecule has 2 aromatic rings. The minimum Gasteiger partial charge on any atom is -0.475 e. The standard InChI is InChI=1S/C13H17N3O3S2/c1-9(2)19-13-10(4-3-5-15-13)7-16-21(17,18)12-6-11(14)8-20-12/h3-6,8-9,16H,7,14H2,1-2H3. The van der Waals surface area contributed by atoms with Crippen LogP contribution in [0.4, 0.5) is 5.69 Å². The molecular weight excluding hydrogens is 310 g/mol. The van der Waals surface area contributed by atoms with Gasteiger partial charge < -0.3 is 10.5 Å². The number of nitrogen functional groups attached to an aromatic ring is 1. The Bertz CT molecular complexity index is 711. The van der Waals surface area contributed by atoms with Crippen LogP contribution in [0.25, 0.3) is 0 Å². The Morgan fingerprint density at radius 2 is 2.24 bits per heavy atom. The van der Waals surface area contributed by atoms with E-state index in [1.807, 2.05) is 13.8 Å². The molecule has 3 N–H and O–H groups in total. The molecule has 0 aromatic carbocycles. The monoisotopic (exact) mass is 327 g/mol. The first kappa shape index (κ1) is 15.7. The van der Waals surface area contributed by atoms with Crippen molar-refractivity contribution in [2.24, 2.45) is 0 Å². The van der Waals surface area contributed by atoms with Crippen LogP contribution in [0, 0.1) is 0 Å². The lowest BCUT2D eigenvalue weighted by Crippen LogP contribution is -2.23. The van der Waals surface area contributed by atoms with Crippen LogP contribution in [0.1, 0.15) is 19.4 Å². The molecule has 0 atom stereocenters. The van der Waals surface area contributed by atoms with Crippen molar-refractivity contribution in [3.05, 3.63) is 35.3 Å². The Labute approximate surface area is 128 Å². The van der Waals surface area contributed by atoms with E-state index in [9.17, 15) is 8.42 Å². The number of nitrogens with zero attached hydrogens (tertiary/aromatic N) is 1. The maximum absolute atomic E-state index is 12.1. The number of ether oxygens (including phenoxy) is 1. The lowest BCUT2D eigenvalue weighted by Gasteiger charge is -2.13. The molecule has 8 heteroatoms. The van der Waals surface area contributed by atoms with E-state index in [0.29, 0.717) is 17.1 Å². The van der Waals surface area contributed by atoms with Gasteiger partial charge in [-0.05, 0) is 26.0 Å². The Kier molecular flexibility index (Phi) is 4.81. The molecule has 0 spiro atoms. The quantitative estimate of drug-likeness (QED) is 0.846. The molecule has 0 aliphatic carbocycles. The number of thiophene rings is 1. The van der Waals surface area contributed by atoms with Gasteiger partial charge in [0, 0.05) is 29.4 Å². The third-order valence-electron chi connectivity index (χ3n) is 2.51. The Balaban J connectivity index is 2.13. The van der Waals surface area contributed by atoms with Crippen LogP contribution in [-0.2, 0) is 16.6 Å². The van der Waals surface area contributed by atoms with E-state index < -0.39 is 10.0 Å². The molecule has 0 bridgehead atoms. The van der Waals surface area contributed by atoms with Crippen molar-refractivity contribution < 1.29 is 13.2 Å². The van der Waals surface area contributed by atoms with Gasteiger partial charge in [-0.3, -0.25) is 0 Å². The zero-order valence-corrected chi connectivity index (χ0v) is 13.4. The molecule has 114 valence electrons. The van der Waals surface area contributed by atoms with Gasteiger partial charge in [0.05, 0.1) is 6.10 Å². The van der Waals surface area contributed by atoms with Crippen molar-refractivity contribution in [1.82, 2.24) is 9.71 Å². The van der Waals surface area contributed by atoms with Gasteiger partial charge in [-0.2, -0.15) is 0 Å². The predicted octanol–water partition coefficient (Wildman–Crippen LogP) is 1.99. The lowest BCUT2D eigenvalue weighted by molar-refractivity contribution is 0.230. The maximum Gasteiger partial charge on any atom is 0.250 e. The van der Waals surface area contributed by atoms with Crippen molar-refractivity contribution in [1.29, 1.82) is 0 Å². The van der Waals surface area contributed by atoms with E-state index in [2.05, 4.69) is 9.71 Å². The fourth-order valence-electron chi connectivity index (χ4n) is 1.60. The molecule has 2 aromatic heterocycles. The molecule has 0 aliphatic heterocycles. The largest absolute Gasteiger partial charge is 0.475 e. The second kappa shape index (κ2) is 6.42. The Morgan fingerprint density at radius 3 is 2.86 bits per heavy atom. The fraction of sp³-hybridized carbons (Fsp3) is 0.308. The number of pyridine rings is 1. The highest BCUT2D eigenvalue weighted by Crippen LogP contribution is 2.22. The van der Waals surface area contributed by atoms with E-state index in [-0.39, 0.29) is 16.9 Å². The maximum atomic E-state index is 12.1. The van der Waals surface area contributed by atoms with Gasteiger partial charge in [0.15, 0.2) is 0 Å². The zero-order chi connectivity index (χ0) is 15.5. The predicted molar refractivity (Wildman–Crippen MR) is 82.8 cm³/mol. The summed E-state index contributed by atoms with van der Waals surface area (Å²) in [6, 6.07) is 4.94. The summed E-state index contributed by atoms with van der Waals surface area (Å²) in [5.74, 6) is 0.431. The molecule has 0 amide bonds. The highest BCUT2D eigenvalue weighted by atomic mass is 32.2. The van der Waals surface area contributed by atoms with E-state index in [1.165, 1.54) is 6.07 Å². The molecule has 0 saturated heterocycles. The van der Waals surface area contributed by atoms with Crippen LogP contribution < -0.4 is 15.2 Å². The number of anilines is 1. The van der Waals surface area contributed by atoms with Crippen molar-refractivity contribution in [2.75, 3.05) is 5.73 Å². The molecule has 0 aliphatic rings. The SMILES string of the molecule is CC(C)Oc1ncccc1CNS(=O)(=O)c1cc(N)cs1. The third-order valence-corrected chi connectivity index (χ3v) is 5.37. The van der Waals surface area contributed by atoms with Crippen LogP contribution in [0.2, 0.25) is 0 Å². The van der Waals surface area contributed by atoms with E-state index in [1.54, 1.807) is 23.7 Å². The summed E-state index contributed by atoms with van der Waals surface area (Å²) in [6.07, 6.45) is 1.57. The smallest absolute Gasteiger partial charge is 0.250 e. The highest BCUT2D eigenvalue weighted by Gasteiger charge is 2.17. The third kappa shape index (κ3) is 4.16. The van der Waals surface area contributed by atoms with Crippen LogP contribution in [0.3, 0.4) is 0 Å². The average Bonchev–Trinajstić information content (AvgIpc) is 2.85. The Morgan fingerprint density at radius 1 is 1.48 bits per heavy atom. The lowest BCUT2D eigenvalue weighted by atomic mass is 10.3. The van der Waals surface area contributed by atoms with Gasteiger partial charge >= 0.3 is 0 Å². The topological polar surface area (TPSA) is 94.3 Å². The molecule has 0 unspecified atom stereocenters. The van der Waals surface area contributed by atoms with Crippen LogP contribution in [0.5, 0.6) is 5.88 Å². The summed E-state index contributed by atoms with van der Waals surface area (Å²) in [4.78, 5) is 4.12. The van der Waals surface area contributed by atoms with Gasteiger partial charge in [-0.25, -0.2) is 18.1 Å². The van der Waals surface area contributed by atoms with Gasteiger partial charge in [0.2, 0.25) is 15.9 Å². The molecular formula is C13H17N3O3S2. The van der Waals surface area contributed by atoms with E-state index in [0.717, 1.165) is 11.3 Å². The number of hydrogen-bond donors (Lipinski definition) is 2. The minimum atomic E-state index is -3.58. The highest BCUT2D eigenvalue weighted by molar-refractivity contribution is 7.91. The van der Waals surface area contributed by atoms with Gasteiger partial charge in [-0.1, -0.05) is 6.07 Å². The number of nitrogens with two attached hydrogens (primary N) is 1. The normalized spacial score (nSPS) is 11.8. The molecule has 0 saturated carbocycles. The van der Waals surface area contributed by atoms with Crippen LogP contribution in [-0.4, -0.2) is 19.5 Å². The van der Waals surface area contributed by atoms with E-state index >= 15 is 0 Å². The number of sulfonamides is 1. The molecule has 2 heterocycles. The minimum absolute atomic E-state index is 0.0349. The zero-order valence-electron chi connectivity index (χ0n) is 11.7. The summed E-state index contributed by atoms with van der Waals surface area (Å²) in [5.41, 5.74) is 6.67. The molecule has 0 fully saturated rings. The van der Waals surface area contributed by atoms with Crippen LogP contribution >= 0.6 is 11.3 Å². The molecule has 21 heavy (non-hydrogen) atoms. The summed E-state index contributed by atoms with van der Waals surface area (Å²) in [7, 11) is -3.58. The first-order valence-corrected chi connectivity index (χ1v) is 8.69. The average molecular weight is 327 g/mol. The summed E-state index contributed by atoms with van der Waals surface area (Å²) < 4.78 is 32.5. The number of aromatic nitrogens is 1. The summed E-state index contributed by atoms with van der Waals surface area (Å²) in [5, 5.41) is 1.59. The first-order valence-electron chi connectivity index (χ1n) is 6.32. The molecule has 6 nitrogen and oxygen atoms in total. The summed E-state index contributed by atoms with van der Waals surface area (Å²) in [6.45, 7) is 3.88. The van der Waals surface area contributed by atoms with Crippen molar-refractivity contribution in [3.63, 3.8) is 0 Å². The fourth-order valence-corrected chi connectivity index (χ4v) is 3.73. The second-order valence-corrected chi connectivity index (χ2v) is 7.56. The van der Waals surface area contributed by atoms with Gasteiger partial charge in [0.25, 0.3) is 0 Å². The van der Waals surface area contributed by atoms with Crippen molar-refractivity contribution in [2.45, 2.75) is 30.7 Å². The number of hydrogen-bond acceptors (Lipinski definition) is 6.